The van der Waals surface area contributed by atoms with Crippen molar-refractivity contribution in [3.05, 3.63) is 0 Å². The molecule has 15 nitrogen and oxygen atoms in total. The summed E-state index contributed by atoms with van der Waals surface area (Å²) in [6.45, 7) is 3.57. The normalized spacial score (nSPS) is 9.81. The highest BCUT2D eigenvalue weighted by Gasteiger charge is 2.04. The SMILES string of the molecule is C#CCCC(=O)NCCOCCOCC(=O)CCCOCCOCC(=O)NCCOCCOCC(=O)NC.CN.CN. The molecule has 0 aliphatic carbocycles. The van der Waals surface area contributed by atoms with Crippen LogP contribution < -0.4 is 27.4 Å². The van der Waals surface area contributed by atoms with Gasteiger partial charge in [0.05, 0.1) is 52.9 Å². The Kier molecular flexibility index (Phi) is 39.9. The van der Waals surface area contributed by atoms with Gasteiger partial charge in [-0.25, -0.2) is 0 Å². The van der Waals surface area contributed by atoms with Gasteiger partial charge in [0.2, 0.25) is 17.7 Å². The van der Waals surface area contributed by atoms with E-state index in [1.54, 1.807) is 0 Å². The third-order valence-electron chi connectivity index (χ3n) is 4.50. The highest BCUT2D eigenvalue weighted by molar-refractivity contribution is 5.79. The number of hydrogen-bond acceptors (Lipinski definition) is 12. The van der Waals surface area contributed by atoms with Crippen molar-refractivity contribution in [2.24, 2.45) is 11.5 Å². The van der Waals surface area contributed by atoms with Crippen LogP contribution in [0.2, 0.25) is 0 Å². The number of ketones is 1. The first kappa shape index (κ1) is 43.8. The minimum atomic E-state index is -0.261. The number of ether oxygens (including phenoxy) is 6. The summed E-state index contributed by atoms with van der Waals surface area (Å²) in [5, 5.41) is 7.79. The van der Waals surface area contributed by atoms with Crippen LogP contribution in [0, 0.1) is 12.3 Å². The third kappa shape index (κ3) is 37.3. The van der Waals surface area contributed by atoms with E-state index in [1.807, 2.05) is 0 Å². The molecular weight excluding hydrogens is 554 g/mol. The number of amides is 3. The quantitative estimate of drug-likeness (QED) is 0.0506. The Bertz CT molecular complexity index is 693. The first-order chi connectivity index (χ1) is 20.5. The van der Waals surface area contributed by atoms with Gasteiger partial charge in [0.1, 0.15) is 19.8 Å². The minimum Gasteiger partial charge on any atom is -0.379 e. The fraction of sp³-hybridized carbons (Fsp3) is 0.778. The average Bonchev–Trinajstić information content (AvgIpc) is 3.01. The number of Topliss-reactive ketones (excluding diaryl/α,β-unsaturated/α-hetero) is 1. The van der Waals surface area contributed by atoms with Gasteiger partial charge in [-0.05, 0) is 20.5 Å². The summed E-state index contributed by atoms with van der Waals surface area (Å²) in [6, 6.07) is 0. The largest absolute Gasteiger partial charge is 0.379 e. The van der Waals surface area contributed by atoms with Crippen molar-refractivity contribution in [3.63, 3.8) is 0 Å². The Balaban J connectivity index is -0.00000363. The van der Waals surface area contributed by atoms with E-state index in [9.17, 15) is 19.2 Å². The zero-order chi connectivity index (χ0) is 32.1. The molecule has 0 aromatic heterocycles. The number of nitrogens with two attached hydrogens (primary N) is 2. The van der Waals surface area contributed by atoms with Crippen LogP contribution >= 0.6 is 0 Å². The summed E-state index contributed by atoms with van der Waals surface area (Å²) >= 11 is 0. The van der Waals surface area contributed by atoms with Gasteiger partial charge >= 0.3 is 0 Å². The van der Waals surface area contributed by atoms with Crippen molar-refractivity contribution in [2.45, 2.75) is 25.7 Å². The van der Waals surface area contributed by atoms with Crippen molar-refractivity contribution < 1.29 is 47.6 Å². The van der Waals surface area contributed by atoms with Crippen LogP contribution in [0.15, 0.2) is 0 Å². The maximum Gasteiger partial charge on any atom is 0.246 e. The van der Waals surface area contributed by atoms with Crippen molar-refractivity contribution in [3.8, 4) is 12.3 Å². The molecule has 0 unspecified atom stereocenters. The molecule has 15 heteroatoms. The first-order valence-corrected chi connectivity index (χ1v) is 13.8. The lowest BCUT2D eigenvalue weighted by atomic mass is 10.2. The van der Waals surface area contributed by atoms with Gasteiger partial charge in [-0.15, -0.1) is 12.3 Å². The van der Waals surface area contributed by atoms with Gasteiger partial charge in [-0.1, -0.05) is 0 Å². The van der Waals surface area contributed by atoms with Gasteiger partial charge in [0.15, 0.2) is 5.78 Å². The molecule has 0 atom stereocenters. The molecule has 0 aromatic rings. The number of carbonyl (C=O) groups excluding carboxylic acids is 4. The Morgan fingerprint density at radius 3 is 1.57 bits per heavy atom. The van der Waals surface area contributed by atoms with E-state index < -0.39 is 0 Å². The fourth-order valence-electron chi connectivity index (χ4n) is 2.54. The second-order valence-corrected chi connectivity index (χ2v) is 7.71. The van der Waals surface area contributed by atoms with E-state index in [0.29, 0.717) is 91.6 Å². The van der Waals surface area contributed by atoms with E-state index in [4.69, 9.17) is 34.8 Å². The molecule has 0 saturated heterocycles. The number of rotatable bonds is 27. The minimum absolute atomic E-state index is 0.0115. The molecule has 0 aliphatic heterocycles. The van der Waals surface area contributed by atoms with Crippen LogP contribution in [0.4, 0.5) is 0 Å². The molecule has 0 aliphatic rings. The maximum atomic E-state index is 11.8. The molecule has 0 saturated carbocycles. The second kappa shape index (κ2) is 38.3. The number of nitrogens with one attached hydrogen (secondary N) is 3. The summed E-state index contributed by atoms with van der Waals surface area (Å²) in [7, 11) is 4.53. The van der Waals surface area contributed by atoms with E-state index >= 15 is 0 Å². The van der Waals surface area contributed by atoms with E-state index in [2.05, 4.69) is 33.3 Å². The molecule has 3 amide bonds. The van der Waals surface area contributed by atoms with Crippen molar-refractivity contribution in [2.75, 3.05) is 114 Å². The average molecular weight is 608 g/mol. The monoisotopic (exact) mass is 607 g/mol. The Hall–Kier alpha value is -2.68. The Morgan fingerprint density at radius 2 is 1.05 bits per heavy atom. The lowest BCUT2D eigenvalue weighted by Crippen LogP contribution is -2.31. The summed E-state index contributed by atoms with van der Waals surface area (Å²) < 4.78 is 31.5. The number of carbonyl (C=O) groups is 4. The van der Waals surface area contributed by atoms with Crippen LogP contribution in [-0.2, 0) is 47.6 Å². The van der Waals surface area contributed by atoms with Gasteiger partial charge in [-0.3, -0.25) is 19.2 Å². The molecule has 0 fully saturated rings. The smallest absolute Gasteiger partial charge is 0.246 e. The first-order valence-electron chi connectivity index (χ1n) is 13.8. The van der Waals surface area contributed by atoms with E-state index in [-0.39, 0.29) is 49.9 Å². The van der Waals surface area contributed by atoms with Crippen LogP contribution in [0.25, 0.3) is 0 Å². The van der Waals surface area contributed by atoms with Crippen molar-refractivity contribution in [1.29, 1.82) is 0 Å². The van der Waals surface area contributed by atoms with Crippen LogP contribution in [0.5, 0.6) is 0 Å². The number of hydrogen-bond donors (Lipinski definition) is 5. The van der Waals surface area contributed by atoms with Gasteiger partial charge in [0, 0.05) is 46.0 Å². The maximum absolute atomic E-state index is 11.8. The second-order valence-electron chi connectivity index (χ2n) is 7.71. The Morgan fingerprint density at radius 1 is 0.595 bits per heavy atom. The molecule has 0 rings (SSSR count). The topological polar surface area (TPSA) is 212 Å². The van der Waals surface area contributed by atoms with Crippen LogP contribution in [0.1, 0.15) is 25.7 Å². The zero-order valence-corrected chi connectivity index (χ0v) is 25.5. The molecule has 0 bridgehead atoms. The van der Waals surface area contributed by atoms with Crippen molar-refractivity contribution in [1.82, 2.24) is 16.0 Å². The Labute approximate surface area is 250 Å². The fourth-order valence-corrected chi connectivity index (χ4v) is 2.54. The summed E-state index contributed by atoms with van der Waals surface area (Å²) in [6.07, 6.45) is 6.72. The summed E-state index contributed by atoms with van der Waals surface area (Å²) in [4.78, 5) is 45.7. The number of likely N-dealkylation sites (N-methyl/N-ethyl adjacent to an activating group) is 1. The molecule has 0 aromatic carbocycles. The summed E-state index contributed by atoms with van der Waals surface area (Å²) in [5.74, 6) is 1.81. The lowest BCUT2D eigenvalue weighted by Gasteiger charge is -2.08. The van der Waals surface area contributed by atoms with E-state index in [1.165, 1.54) is 21.1 Å². The third-order valence-corrected chi connectivity index (χ3v) is 4.50. The highest BCUT2D eigenvalue weighted by atomic mass is 16.5. The summed E-state index contributed by atoms with van der Waals surface area (Å²) in [5.41, 5.74) is 9.00. The predicted octanol–water partition coefficient (Wildman–Crippen LogP) is -2.02. The molecular formula is C27H53N5O10. The van der Waals surface area contributed by atoms with Crippen molar-refractivity contribution >= 4 is 23.5 Å². The molecule has 0 heterocycles. The van der Waals surface area contributed by atoms with Crippen LogP contribution in [0.3, 0.4) is 0 Å². The molecule has 0 spiro atoms. The number of terminal acetylenes is 1. The molecule has 0 radical (unpaired) electrons. The predicted molar refractivity (Wildman–Crippen MR) is 158 cm³/mol. The van der Waals surface area contributed by atoms with Gasteiger partial charge in [-0.2, -0.15) is 0 Å². The van der Waals surface area contributed by atoms with Crippen LogP contribution in [-0.4, -0.2) is 137 Å². The molecule has 246 valence electrons. The highest BCUT2D eigenvalue weighted by Crippen LogP contribution is 1.94. The van der Waals surface area contributed by atoms with Gasteiger partial charge < -0.3 is 55.8 Å². The lowest BCUT2D eigenvalue weighted by molar-refractivity contribution is -0.127. The zero-order valence-electron chi connectivity index (χ0n) is 25.5. The molecule has 42 heavy (non-hydrogen) atoms. The van der Waals surface area contributed by atoms with E-state index in [0.717, 1.165) is 0 Å². The standard InChI is InChI=1S/C25H43N3O10.2CH5N/c1-3-4-7-23(30)27-8-11-34-14-16-36-19-22(29)6-5-10-33-13-17-38-21-25(32)28-9-12-35-15-18-37-20-24(31)26-2;2*1-2/h1H,4-21H2,2H3,(H,26,31)(H,27,30)(H,28,32);2*2H2,1H3. The molecule has 7 N–H and O–H groups in total. The van der Waals surface area contributed by atoms with Gasteiger partial charge in [0.25, 0.3) is 0 Å².